The molecule has 0 aliphatic heterocycles. The molecule has 0 unspecified atom stereocenters. The zero-order valence-electron chi connectivity index (χ0n) is 11.5. The number of fused-ring (bicyclic) bond motifs is 3. The van der Waals surface area contributed by atoms with Crippen LogP contribution in [0.15, 0.2) is 18.0 Å². The van der Waals surface area contributed by atoms with Crippen LogP contribution < -0.4 is 0 Å². The molecule has 3 atom stereocenters. The Bertz CT molecular complexity index is 634. The van der Waals surface area contributed by atoms with Gasteiger partial charge in [-0.25, -0.2) is 4.85 Å². The molecule has 3 rings (SSSR count). The van der Waals surface area contributed by atoms with Gasteiger partial charge in [-0.1, -0.05) is 19.9 Å². The third-order valence-corrected chi connectivity index (χ3v) is 4.74. The molecule has 1 heterocycles. The number of hydrogen-bond acceptors (Lipinski definition) is 2. The number of carbonyl (C=O) groups excluding carboxylic acids is 1. The van der Waals surface area contributed by atoms with Crippen molar-refractivity contribution >= 4 is 5.78 Å². The molecule has 0 fully saturated rings. The van der Waals surface area contributed by atoms with Crippen molar-refractivity contribution in [3.05, 3.63) is 40.6 Å². The van der Waals surface area contributed by atoms with Gasteiger partial charge in [-0.05, 0) is 24.3 Å². The van der Waals surface area contributed by atoms with Crippen LogP contribution in [0.3, 0.4) is 0 Å². The molecule has 0 amide bonds. The van der Waals surface area contributed by atoms with Crippen LogP contribution in [0, 0.1) is 18.4 Å². The van der Waals surface area contributed by atoms with Crippen LogP contribution in [0.25, 0.3) is 4.85 Å². The summed E-state index contributed by atoms with van der Waals surface area (Å²) in [4.78, 5) is 15.6. The molecule has 0 saturated heterocycles. The van der Waals surface area contributed by atoms with Crippen molar-refractivity contribution < 1.29 is 4.79 Å². The third-order valence-electron chi connectivity index (χ3n) is 4.74. The number of Topliss-reactive ketones (excluding diaryl/α,β-unsaturated/α-hetero) is 1. The Kier molecular flexibility index (Phi) is 2.43. The summed E-state index contributed by atoms with van der Waals surface area (Å²) in [6.45, 7) is 11.3. The van der Waals surface area contributed by atoms with E-state index in [-0.39, 0.29) is 28.7 Å². The first-order valence-electron chi connectivity index (χ1n) is 6.65. The first kappa shape index (κ1) is 12.2. The molecule has 0 N–H and O–H groups in total. The quantitative estimate of drug-likeness (QED) is 0.667. The molecule has 1 aromatic heterocycles. The fourth-order valence-corrected chi connectivity index (χ4v) is 3.76. The van der Waals surface area contributed by atoms with E-state index < -0.39 is 0 Å². The normalized spacial score (nSPS) is 33.2. The van der Waals surface area contributed by atoms with E-state index in [2.05, 4.69) is 23.1 Å². The van der Waals surface area contributed by atoms with Crippen molar-refractivity contribution in [2.24, 2.45) is 18.9 Å². The van der Waals surface area contributed by atoms with Gasteiger partial charge in [0.05, 0.1) is 12.3 Å². The Morgan fingerprint density at radius 2 is 2.32 bits per heavy atom. The van der Waals surface area contributed by atoms with Crippen molar-refractivity contribution in [2.75, 3.05) is 0 Å². The molecule has 0 aromatic carbocycles. The standard InChI is InChI=1S/C15H17N3O/c1-9-11-6-5-10-8-18(4)17-14(10)15(11,2)7-12(16-3)13(9)19/h7-9,11H,5-6H2,1-2,4H3/t9-,11-,15-/m0/s1. The molecule has 2 aliphatic carbocycles. The number of carbonyl (C=O) groups is 1. The van der Waals surface area contributed by atoms with Gasteiger partial charge in [0.2, 0.25) is 5.70 Å². The second kappa shape index (κ2) is 3.80. The molecule has 19 heavy (non-hydrogen) atoms. The van der Waals surface area contributed by atoms with Gasteiger partial charge < -0.3 is 4.79 Å². The summed E-state index contributed by atoms with van der Waals surface area (Å²) in [6.07, 6.45) is 5.88. The molecular formula is C15H17N3O. The van der Waals surface area contributed by atoms with E-state index in [4.69, 9.17) is 6.57 Å². The van der Waals surface area contributed by atoms with Crippen molar-refractivity contribution in [3.63, 3.8) is 0 Å². The molecule has 4 nitrogen and oxygen atoms in total. The molecule has 0 saturated carbocycles. The monoisotopic (exact) mass is 255 g/mol. The number of hydrogen-bond donors (Lipinski definition) is 0. The maximum Gasteiger partial charge on any atom is 0.226 e. The third kappa shape index (κ3) is 1.51. The molecular weight excluding hydrogens is 238 g/mol. The average molecular weight is 255 g/mol. The summed E-state index contributed by atoms with van der Waals surface area (Å²) in [7, 11) is 1.92. The van der Waals surface area contributed by atoms with Gasteiger partial charge in [0, 0.05) is 24.6 Å². The van der Waals surface area contributed by atoms with E-state index in [0.29, 0.717) is 0 Å². The molecule has 0 bridgehead atoms. The summed E-state index contributed by atoms with van der Waals surface area (Å²) >= 11 is 0. The predicted molar refractivity (Wildman–Crippen MR) is 71.2 cm³/mol. The number of allylic oxidation sites excluding steroid dienone is 2. The zero-order chi connectivity index (χ0) is 13.8. The highest BCUT2D eigenvalue weighted by atomic mass is 16.1. The predicted octanol–water partition coefficient (Wildman–Crippen LogP) is 2.26. The number of aryl methyl sites for hydroxylation is 2. The van der Waals surface area contributed by atoms with Crippen LogP contribution in [0.2, 0.25) is 0 Å². The highest BCUT2D eigenvalue weighted by molar-refractivity contribution is 6.00. The minimum Gasteiger partial charge on any atom is -0.308 e. The Balaban J connectivity index is 2.23. The van der Waals surface area contributed by atoms with Crippen LogP contribution >= 0.6 is 0 Å². The fourth-order valence-electron chi connectivity index (χ4n) is 3.76. The molecule has 2 aliphatic rings. The summed E-state index contributed by atoms with van der Waals surface area (Å²) in [5.74, 6) is 0.166. The topological polar surface area (TPSA) is 39.2 Å². The van der Waals surface area contributed by atoms with Crippen LogP contribution in [-0.4, -0.2) is 15.6 Å². The lowest BCUT2D eigenvalue weighted by molar-refractivity contribution is -0.121. The van der Waals surface area contributed by atoms with Gasteiger partial charge in [-0.15, -0.1) is 0 Å². The van der Waals surface area contributed by atoms with Gasteiger partial charge in [0.1, 0.15) is 0 Å². The van der Waals surface area contributed by atoms with Crippen molar-refractivity contribution in [1.29, 1.82) is 0 Å². The summed E-state index contributed by atoms with van der Waals surface area (Å²) < 4.78 is 1.84. The van der Waals surface area contributed by atoms with E-state index in [1.54, 1.807) is 0 Å². The van der Waals surface area contributed by atoms with E-state index in [0.717, 1.165) is 18.5 Å². The number of rotatable bonds is 0. The second-order valence-electron chi connectivity index (χ2n) is 5.90. The molecule has 98 valence electrons. The van der Waals surface area contributed by atoms with Crippen LogP contribution in [-0.2, 0) is 23.7 Å². The lowest BCUT2D eigenvalue weighted by Gasteiger charge is -2.44. The number of ketones is 1. The van der Waals surface area contributed by atoms with Crippen molar-refractivity contribution in [2.45, 2.75) is 32.1 Å². The maximum absolute atomic E-state index is 12.2. The maximum atomic E-state index is 12.2. The highest BCUT2D eigenvalue weighted by Crippen LogP contribution is 2.49. The van der Waals surface area contributed by atoms with Gasteiger partial charge in [-0.2, -0.15) is 5.10 Å². The minimum absolute atomic E-state index is 0.00291. The van der Waals surface area contributed by atoms with E-state index in [1.165, 1.54) is 5.56 Å². The second-order valence-corrected chi connectivity index (χ2v) is 5.90. The molecule has 0 spiro atoms. The highest BCUT2D eigenvalue weighted by Gasteiger charge is 2.49. The summed E-state index contributed by atoms with van der Waals surface area (Å²) in [5.41, 5.74) is 2.31. The first-order chi connectivity index (χ1) is 8.97. The van der Waals surface area contributed by atoms with E-state index >= 15 is 0 Å². The zero-order valence-corrected chi connectivity index (χ0v) is 11.5. The smallest absolute Gasteiger partial charge is 0.226 e. The first-order valence-corrected chi connectivity index (χ1v) is 6.65. The molecule has 1 aromatic rings. The number of aromatic nitrogens is 2. The molecule has 4 heteroatoms. The SMILES string of the molecule is [C-]#[N+]C1=C[C@]2(C)c3nn(C)cc3CC[C@H]2[C@H](C)C1=O. The van der Waals surface area contributed by atoms with E-state index in [1.807, 2.05) is 24.7 Å². The Morgan fingerprint density at radius 1 is 1.58 bits per heavy atom. The van der Waals surface area contributed by atoms with Crippen LogP contribution in [0.5, 0.6) is 0 Å². The van der Waals surface area contributed by atoms with Gasteiger partial charge in [0.15, 0.2) is 5.78 Å². The van der Waals surface area contributed by atoms with Crippen molar-refractivity contribution in [1.82, 2.24) is 9.78 Å². The largest absolute Gasteiger partial charge is 0.308 e. The number of nitrogens with zero attached hydrogens (tertiary/aromatic N) is 3. The van der Waals surface area contributed by atoms with Gasteiger partial charge in [0.25, 0.3) is 0 Å². The lowest BCUT2D eigenvalue weighted by Crippen LogP contribution is -2.45. The summed E-state index contributed by atoms with van der Waals surface area (Å²) in [6, 6.07) is 0. The van der Waals surface area contributed by atoms with Gasteiger partial charge >= 0.3 is 0 Å². The van der Waals surface area contributed by atoms with Crippen LogP contribution in [0.4, 0.5) is 0 Å². The average Bonchev–Trinajstić information content (AvgIpc) is 2.76. The minimum atomic E-state index is -0.276. The Morgan fingerprint density at radius 3 is 3.00 bits per heavy atom. The van der Waals surface area contributed by atoms with Gasteiger partial charge in [-0.3, -0.25) is 4.68 Å². The van der Waals surface area contributed by atoms with Crippen molar-refractivity contribution in [3.8, 4) is 0 Å². The Labute approximate surface area is 112 Å². The fraction of sp³-hybridized carbons (Fsp3) is 0.533. The Hall–Kier alpha value is -1.89. The van der Waals surface area contributed by atoms with Crippen LogP contribution in [0.1, 0.15) is 31.5 Å². The summed E-state index contributed by atoms with van der Waals surface area (Å²) in [5, 5.41) is 4.59. The lowest BCUT2D eigenvalue weighted by atomic mass is 9.59. The van der Waals surface area contributed by atoms with E-state index in [9.17, 15) is 4.79 Å². The molecule has 0 radical (unpaired) electrons.